The molecule has 0 radical (unpaired) electrons. The first-order valence-corrected chi connectivity index (χ1v) is 5.71. The molecule has 1 aromatic heterocycles. The summed E-state index contributed by atoms with van der Waals surface area (Å²) in [5, 5.41) is 8.92. The smallest absolute Gasteiger partial charge is 0.355 e. The van der Waals surface area contributed by atoms with Gasteiger partial charge in [0.05, 0.1) is 4.90 Å². The Morgan fingerprint density at radius 3 is 2.72 bits per heavy atom. The molecule has 18 heavy (non-hydrogen) atoms. The molecule has 0 spiro atoms. The Morgan fingerprint density at radius 2 is 2.00 bits per heavy atom. The molecule has 0 fully saturated rings. The predicted molar refractivity (Wildman–Crippen MR) is 61.7 cm³/mol. The zero-order valence-electron chi connectivity index (χ0n) is 8.93. The molecule has 0 aliphatic heterocycles. The molecule has 0 amide bonds. The minimum absolute atomic E-state index is 0.0190. The molecule has 0 aliphatic carbocycles. The fraction of sp³-hybridized carbons (Fsp3) is 0. The third kappa shape index (κ3) is 2.65. The third-order valence-corrected chi connectivity index (χ3v) is 3.17. The third-order valence-electron chi connectivity index (χ3n) is 2.09. The summed E-state index contributed by atoms with van der Waals surface area (Å²) < 4.78 is 26.4. The molecule has 1 aromatic carbocycles. The zero-order chi connectivity index (χ0) is 13.1. The Bertz CT molecular complexity index is 604. The van der Waals surface area contributed by atoms with Crippen LogP contribution in [-0.4, -0.2) is 16.1 Å². The van der Waals surface area contributed by atoms with Gasteiger partial charge in [0, 0.05) is 11.1 Å². The molecule has 6 heteroatoms. The van der Waals surface area contributed by atoms with E-state index in [1.54, 1.807) is 0 Å². The number of aromatic nitrogens is 1. The zero-order valence-corrected chi connectivity index (χ0v) is 9.75. The number of rotatable bonds is 3. The Morgan fingerprint density at radius 1 is 1.22 bits per heavy atom. The fourth-order valence-corrected chi connectivity index (χ4v) is 2.26. The van der Waals surface area contributed by atoms with Crippen LogP contribution in [0.4, 0.5) is 8.78 Å². The Labute approximate surface area is 105 Å². The van der Waals surface area contributed by atoms with Gasteiger partial charge in [0.1, 0.15) is 11.6 Å². The van der Waals surface area contributed by atoms with Gasteiger partial charge < -0.3 is 5.11 Å². The summed E-state index contributed by atoms with van der Waals surface area (Å²) in [6.07, 6.45) is 1.33. The fourth-order valence-electron chi connectivity index (χ4n) is 1.31. The van der Waals surface area contributed by atoms with Crippen molar-refractivity contribution >= 4 is 17.7 Å². The summed E-state index contributed by atoms with van der Waals surface area (Å²) in [7, 11) is 0. The first-order chi connectivity index (χ1) is 8.58. The van der Waals surface area contributed by atoms with Gasteiger partial charge in [0.25, 0.3) is 0 Å². The van der Waals surface area contributed by atoms with Crippen molar-refractivity contribution in [3.05, 3.63) is 53.9 Å². The summed E-state index contributed by atoms with van der Waals surface area (Å²) >= 11 is 0.825. The first kappa shape index (κ1) is 12.5. The molecule has 0 bridgehead atoms. The van der Waals surface area contributed by atoms with E-state index in [4.69, 9.17) is 5.11 Å². The van der Waals surface area contributed by atoms with Gasteiger partial charge in [-0.25, -0.2) is 18.6 Å². The van der Waals surface area contributed by atoms with E-state index >= 15 is 0 Å². The predicted octanol–water partition coefficient (Wildman–Crippen LogP) is 3.21. The summed E-state index contributed by atoms with van der Waals surface area (Å²) in [6, 6.07) is 6.03. The highest BCUT2D eigenvalue weighted by molar-refractivity contribution is 7.99. The van der Waals surface area contributed by atoms with E-state index in [1.807, 2.05) is 0 Å². The van der Waals surface area contributed by atoms with Gasteiger partial charge in [0.2, 0.25) is 0 Å². The maximum absolute atomic E-state index is 13.4. The molecule has 0 saturated heterocycles. The van der Waals surface area contributed by atoms with Gasteiger partial charge in [-0.2, -0.15) is 0 Å². The molecule has 0 aliphatic rings. The number of halogens is 2. The van der Waals surface area contributed by atoms with Crippen LogP contribution in [0.25, 0.3) is 0 Å². The van der Waals surface area contributed by atoms with E-state index in [0.29, 0.717) is 0 Å². The minimum atomic E-state index is -1.21. The second kappa shape index (κ2) is 5.14. The van der Waals surface area contributed by atoms with Crippen LogP contribution in [0.15, 0.2) is 46.3 Å². The normalized spacial score (nSPS) is 10.3. The van der Waals surface area contributed by atoms with E-state index in [0.717, 1.165) is 30.0 Å². The van der Waals surface area contributed by atoms with E-state index < -0.39 is 17.6 Å². The second-order valence-corrected chi connectivity index (χ2v) is 4.42. The van der Waals surface area contributed by atoms with Gasteiger partial charge in [-0.1, -0.05) is 11.8 Å². The van der Waals surface area contributed by atoms with Crippen molar-refractivity contribution < 1.29 is 18.7 Å². The van der Waals surface area contributed by atoms with Gasteiger partial charge >= 0.3 is 5.97 Å². The molecule has 2 aromatic rings. The standard InChI is InChI=1S/C12H7F2NO2S/c13-7-3-4-8(14)10(6-7)18-9-2-1-5-15-11(9)12(16)17/h1-6H,(H,16,17). The maximum atomic E-state index is 13.4. The van der Waals surface area contributed by atoms with Gasteiger partial charge in [-0.3, -0.25) is 0 Å². The summed E-state index contributed by atoms with van der Waals surface area (Å²) in [5.41, 5.74) is -0.189. The Balaban J connectivity index is 2.40. The Kier molecular flexibility index (Phi) is 3.57. The monoisotopic (exact) mass is 267 g/mol. The number of hydrogen-bond donors (Lipinski definition) is 1. The van der Waals surface area contributed by atoms with Crippen molar-refractivity contribution in [1.82, 2.24) is 4.98 Å². The lowest BCUT2D eigenvalue weighted by atomic mass is 10.3. The summed E-state index contributed by atoms with van der Waals surface area (Å²) in [4.78, 5) is 14.9. The summed E-state index contributed by atoms with van der Waals surface area (Å²) in [6.45, 7) is 0. The molecule has 0 unspecified atom stereocenters. The van der Waals surface area contributed by atoms with Gasteiger partial charge in [-0.05, 0) is 30.3 Å². The highest BCUT2D eigenvalue weighted by Crippen LogP contribution is 2.31. The lowest BCUT2D eigenvalue weighted by Crippen LogP contribution is -2.01. The number of carboxylic acid groups (broad SMARTS) is 1. The maximum Gasteiger partial charge on any atom is 0.355 e. The minimum Gasteiger partial charge on any atom is -0.476 e. The van der Waals surface area contributed by atoms with Crippen LogP contribution in [0.2, 0.25) is 0 Å². The SMILES string of the molecule is O=C(O)c1ncccc1Sc1cc(F)ccc1F. The van der Waals surface area contributed by atoms with Crippen LogP contribution in [0.1, 0.15) is 10.5 Å². The second-order valence-electron chi connectivity index (χ2n) is 3.33. The lowest BCUT2D eigenvalue weighted by Gasteiger charge is -2.05. The van der Waals surface area contributed by atoms with Crippen molar-refractivity contribution in [1.29, 1.82) is 0 Å². The highest BCUT2D eigenvalue weighted by atomic mass is 32.2. The lowest BCUT2D eigenvalue weighted by molar-refractivity contribution is 0.0686. The van der Waals surface area contributed by atoms with Gasteiger partial charge in [0.15, 0.2) is 5.69 Å². The molecule has 2 rings (SSSR count). The number of aromatic carboxylic acids is 1. The van der Waals surface area contributed by atoms with Crippen LogP contribution in [-0.2, 0) is 0 Å². The van der Waals surface area contributed by atoms with Gasteiger partial charge in [-0.15, -0.1) is 0 Å². The number of hydrogen-bond acceptors (Lipinski definition) is 3. The average Bonchev–Trinajstić information content (AvgIpc) is 2.34. The van der Waals surface area contributed by atoms with Crippen molar-refractivity contribution in [3.63, 3.8) is 0 Å². The first-order valence-electron chi connectivity index (χ1n) is 4.89. The molecular weight excluding hydrogens is 260 g/mol. The molecular formula is C12H7F2NO2S. The Hall–Kier alpha value is -1.95. The van der Waals surface area contributed by atoms with Crippen LogP contribution in [0.3, 0.4) is 0 Å². The molecule has 0 saturated carbocycles. The van der Waals surface area contributed by atoms with E-state index in [1.165, 1.54) is 18.3 Å². The van der Waals surface area contributed by atoms with Crippen LogP contribution in [0.5, 0.6) is 0 Å². The van der Waals surface area contributed by atoms with Crippen LogP contribution >= 0.6 is 11.8 Å². The number of pyridine rings is 1. The molecule has 3 nitrogen and oxygen atoms in total. The molecule has 0 atom stereocenters. The van der Waals surface area contributed by atoms with Crippen molar-refractivity contribution in [2.75, 3.05) is 0 Å². The summed E-state index contributed by atoms with van der Waals surface area (Å²) in [5.74, 6) is -2.41. The number of benzene rings is 1. The van der Waals surface area contributed by atoms with Crippen molar-refractivity contribution in [2.45, 2.75) is 9.79 Å². The topological polar surface area (TPSA) is 50.2 Å². The van der Waals surface area contributed by atoms with Crippen LogP contribution < -0.4 is 0 Å². The molecule has 92 valence electrons. The highest BCUT2D eigenvalue weighted by Gasteiger charge is 2.14. The quantitative estimate of drug-likeness (QED) is 0.927. The average molecular weight is 267 g/mol. The van der Waals surface area contributed by atoms with E-state index in [-0.39, 0.29) is 15.5 Å². The number of carbonyl (C=O) groups is 1. The number of nitrogens with zero attached hydrogens (tertiary/aromatic N) is 1. The number of carboxylic acids is 1. The van der Waals surface area contributed by atoms with E-state index in [9.17, 15) is 13.6 Å². The molecule has 1 heterocycles. The molecule has 1 N–H and O–H groups in total. The van der Waals surface area contributed by atoms with Crippen molar-refractivity contribution in [2.24, 2.45) is 0 Å². The van der Waals surface area contributed by atoms with Crippen molar-refractivity contribution in [3.8, 4) is 0 Å². The van der Waals surface area contributed by atoms with E-state index in [2.05, 4.69) is 4.98 Å². The van der Waals surface area contributed by atoms with Crippen LogP contribution in [0, 0.1) is 11.6 Å². The largest absolute Gasteiger partial charge is 0.476 e.